The summed E-state index contributed by atoms with van der Waals surface area (Å²) < 4.78 is 0. The molecular weight excluding hydrogens is 272 g/mol. The highest BCUT2D eigenvalue weighted by atomic mass is 15.1. The molecule has 0 aromatic carbocycles. The Balaban J connectivity index is 1.86. The van der Waals surface area contributed by atoms with E-state index in [-0.39, 0.29) is 0 Å². The van der Waals surface area contributed by atoms with E-state index in [1.165, 1.54) is 0 Å². The van der Waals surface area contributed by atoms with Gasteiger partial charge in [-0.2, -0.15) is 0 Å². The molecule has 0 unspecified atom stereocenters. The summed E-state index contributed by atoms with van der Waals surface area (Å²) in [4.78, 5) is 11.5. The summed E-state index contributed by atoms with van der Waals surface area (Å²) in [5.74, 6) is 0. The molecule has 2 heterocycles. The minimum absolute atomic E-state index is 0.683. The quantitative estimate of drug-likeness (QED) is 0.811. The molecule has 22 heavy (non-hydrogen) atoms. The van der Waals surface area contributed by atoms with E-state index < -0.39 is 0 Å². The Bertz CT molecular complexity index is 533. The Hall–Kier alpha value is -1.78. The second-order valence-electron chi connectivity index (χ2n) is 5.67. The molecule has 0 amide bonds. The first-order valence-electron chi connectivity index (χ1n) is 7.95. The van der Waals surface area contributed by atoms with Crippen molar-refractivity contribution in [3.63, 3.8) is 0 Å². The third-order valence-corrected chi connectivity index (χ3v) is 3.71. The van der Waals surface area contributed by atoms with Gasteiger partial charge in [-0.25, -0.2) is 0 Å². The van der Waals surface area contributed by atoms with E-state index in [0.717, 1.165) is 55.3 Å². The lowest BCUT2D eigenvalue weighted by molar-refractivity contribution is 0.286. The van der Waals surface area contributed by atoms with E-state index in [1.54, 1.807) is 0 Å². The first-order valence-corrected chi connectivity index (χ1v) is 7.95. The summed E-state index contributed by atoms with van der Waals surface area (Å²) in [5, 5.41) is 0. The first kappa shape index (κ1) is 16.6. The molecule has 0 aliphatic carbocycles. The molecule has 0 fully saturated rings. The van der Waals surface area contributed by atoms with Crippen LogP contribution in [0, 0.1) is 13.8 Å². The highest BCUT2D eigenvalue weighted by Crippen LogP contribution is 2.04. The number of pyridine rings is 2. The minimum atomic E-state index is 0.683. The van der Waals surface area contributed by atoms with Crippen molar-refractivity contribution in [2.45, 2.75) is 26.7 Å². The van der Waals surface area contributed by atoms with Crippen molar-refractivity contribution >= 4 is 0 Å². The average molecular weight is 298 g/mol. The lowest BCUT2D eigenvalue weighted by Gasteiger charge is -2.21. The van der Waals surface area contributed by atoms with Crippen molar-refractivity contribution in [2.75, 3.05) is 26.2 Å². The van der Waals surface area contributed by atoms with E-state index in [9.17, 15) is 0 Å². The van der Waals surface area contributed by atoms with Crippen LogP contribution in [0.1, 0.15) is 22.8 Å². The molecule has 2 aromatic rings. The van der Waals surface area contributed by atoms with Crippen molar-refractivity contribution in [3.05, 3.63) is 59.2 Å². The van der Waals surface area contributed by atoms with Crippen molar-refractivity contribution in [3.8, 4) is 0 Å². The van der Waals surface area contributed by atoms with Crippen molar-refractivity contribution in [1.82, 2.24) is 14.9 Å². The summed E-state index contributed by atoms with van der Waals surface area (Å²) in [7, 11) is 0. The predicted molar refractivity (Wildman–Crippen MR) is 90.9 cm³/mol. The average Bonchev–Trinajstić information content (AvgIpc) is 2.50. The Labute approximate surface area is 133 Å². The van der Waals surface area contributed by atoms with Crippen molar-refractivity contribution < 1.29 is 0 Å². The number of rotatable bonds is 8. The van der Waals surface area contributed by atoms with Crippen LogP contribution < -0.4 is 5.73 Å². The molecule has 2 rings (SSSR count). The summed E-state index contributed by atoms with van der Waals surface area (Å²) in [6.07, 6.45) is 1.92. The molecule has 0 saturated carbocycles. The van der Waals surface area contributed by atoms with Gasteiger partial charge in [0.15, 0.2) is 0 Å². The van der Waals surface area contributed by atoms with Crippen LogP contribution in [-0.4, -0.2) is 41.0 Å². The zero-order chi connectivity index (χ0) is 15.8. The predicted octanol–water partition coefficient (Wildman–Crippen LogP) is 2.14. The second-order valence-corrected chi connectivity index (χ2v) is 5.67. The molecule has 4 nitrogen and oxygen atoms in total. The van der Waals surface area contributed by atoms with Crippen LogP contribution in [0.25, 0.3) is 0 Å². The molecule has 0 saturated heterocycles. The maximum absolute atomic E-state index is 5.74. The highest BCUT2D eigenvalue weighted by Gasteiger charge is 2.06. The van der Waals surface area contributed by atoms with Crippen LogP contribution in [0.4, 0.5) is 0 Å². The van der Waals surface area contributed by atoms with E-state index in [0.29, 0.717) is 6.54 Å². The van der Waals surface area contributed by atoms with Gasteiger partial charge >= 0.3 is 0 Å². The zero-order valence-electron chi connectivity index (χ0n) is 13.6. The number of hydrogen-bond donors (Lipinski definition) is 1. The minimum Gasteiger partial charge on any atom is -0.329 e. The summed E-state index contributed by atoms with van der Waals surface area (Å²) in [6, 6.07) is 12.4. The van der Waals surface area contributed by atoms with E-state index in [1.807, 2.05) is 26.0 Å². The van der Waals surface area contributed by atoms with Gasteiger partial charge in [0.25, 0.3) is 0 Å². The Morgan fingerprint density at radius 3 is 1.73 bits per heavy atom. The van der Waals surface area contributed by atoms with Gasteiger partial charge in [-0.3, -0.25) is 9.97 Å². The summed E-state index contributed by atoms with van der Waals surface area (Å²) in [5.41, 5.74) is 10.2. The van der Waals surface area contributed by atoms with Gasteiger partial charge < -0.3 is 10.6 Å². The van der Waals surface area contributed by atoms with E-state index >= 15 is 0 Å². The van der Waals surface area contributed by atoms with Crippen LogP contribution in [0.3, 0.4) is 0 Å². The third-order valence-electron chi connectivity index (χ3n) is 3.71. The molecule has 0 spiro atoms. The number of aryl methyl sites for hydroxylation is 2. The maximum atomic E-state index is 5.74. The van der Waals surface area contributed by atoms with Crippen molar-refractivity contribution in [1.29, 1.82) is 0 Å². The molecule has 0 radical (unpaired) electrons. The third kappa shape index (κ3) is 5.54. The normalized spacial score (nSPS) is 11.1. The van der Waals surface area contributed by atoms with Crippen LogP contribution in [0.5, 0.6) is 0 Å². The fourth-order valence-electron chi connectivity index (χ4n) is 2.54. The maximum Gasteiger partial charge on any atom is 0.0419 e. The molecule has 2 aromatic heterocycles. The SMILES string of the molecule is Cc1cccc(CCN(CCN)CCc2cccc(C)n2)n1. The van der Waals surface area contributed by atoms with Gasteiger partial charge in [-0.05, 0) is 38.1 Å². The zero-order valence-corrected chi connectivity index (χ0v) is 13.6. The smallest absolute Gasteiger partial charge is 0.0419 e. The van der Waals surface area contributed by atoms with Crippen molar-refractivity contribution in [2.24, 2.45) is 5.73 Å². The molecule has 0 atom stereocenters. The van der Waals surface area contributed by atoms with E-state index in [2.05, 4.69) is 39.1 Å². The lowest BCUT2D eigenvalue weighted by atomic mass is 10.2. The number of hydrogen-bond acceptors (Lipinski definition) is 4. The monoisotopic (exact) mass is 298 g/mol. The fourth-order valence-corrected chi connectivity index (χ4v) is 2.54. The van der Waals surface area contributed by atoms with Crippen LogP contribution in [0.15, 0.2) is 36.4 Å². The Kier molecular flexibility index (Phi) is 6.49. The van der Waals surface area contributed by atoms with Crippen LogP contribution in [-0.2, 0) is 12.8 Å². The van der Waals surface area contributed by atoms with Crippen LogP contribution >= 0.6 is 0 Å². The van der Waals surface area contributed by atoms with Gasteiger partial charge in [0, 0.05) is 61.8 Å². The van der Waals surface area contributed by atoms with E-state index in [4.69, 9.17) is 5.73 Å². The standard InChI is InChI=1S/C18H26N4/c1-15-5-3-7-17(20-15)9-12-22(14-11-19)13-10-18-8-4-6-16(2)21-18/h3-8H,9-14,19H2,1-2H3. The molecule has 0 aliphatic heterocycles. The highest BCUT2D eigenvalue weighted by molar-refractivity contribution is 5.11. The summed E-state index contributed by atoms with van der Waals surface area (Å²) >= 11 is 0. The number of aromatic nitrogens is 2. The Morgan fingerprint density at radius 2 is 1.32 bits per heavy atom. The fraction of sp³-hybridized carbons (Fsp3) is 0.444. The molecule has 0 bridgehead atoms. The lowest BCUT2D eigenvalue weighted by Crippen LogP contribution is -2.33. The van der Waals surface area contributed by atoms with Gasteiger partial charge in [0.2, 0.25) is 0 Å². The molecule has 118 valence electrons. The topological polar surface area (TPSA) is 55.0 Å². The largest absolute Gasteiger partial charge is 0.329 e. The summed E-state index contributed by atoms with van der Waals surface area (Å²) in [6.45, 7) is 7.63. The second kappa shape index (κ2) is 8.61. The number of nitrogens with two attached hydrogens (primary N) is 1. The molecule has 2 N–H and O–H groups in total. The van der Waals surface area contributed by atoms with Gasteiger partial charge in [-0.1, -0.05) is 12.1 Å². The van der Waals surface area contributed by atoms with Gasteiger partial charge in [0.1, 0.15) is 0 Å². The van der Waals surface area contributed by atoms with Crippen LogP contribution in [0.2, 0.25) is 0 Å². The molecule has 4 heteroatoms. The van der Waals surface area contributed by atoms with Gasteiger partial charge in [-0.15, -0.1) is 0 Å². The first-order chi connectivity index (χ1) is 10.7. The molecular formula is C18H26N4. The number of nitrogens with zero attached hydrogens (tertiary/aromatic N) is 3. The Morgan fingerprint density at radius 1 is 0.818 bits per heavy atom. The van der Waals surface area contributed by atoms with Gasteiger partial charge in [0.05, 0.1) is 0 Å². The molecule has 0 aliphatic rings.